The molecule has 0 aliphatic heterocycles. The molecule has 18 heavy (non-hydrogen) atoms. The predicted octanol–water partition coefficient (Wildman–Crippen LogP) is 1.91. The second-order valence-corrected chi connectivity index (χ2v) is 6.65. The van der Waals surface area contributed by atoms with Crippen molar-refractivity contribution in [3.63, 3.8) is 0 Å². The van der Waals surface area contributed by atoms with E-state index >= 15 is 0 Å². The lowest BCUT2D eigenvalue weighted by Gasteiger charge is -2.16. The van der Waals surface area contributed by atoms with Crippen molar-refractivity contribution in [1.82, 2.24) is 14.6 Å². The molecule has 2 rings (SSSR count). The van der Waals surface area contributed by atoms with Crippen LogP contribution in [0.4, 0.5) is 5.13 Å². The largest absolute Gasteiger partial charge is 0.392 e. The Morgan fingerprint density at radius 2 is 2.17 bits per heavy atom. The molecule has 6 heteroatoms. The molecular weight excluding hydrogens is 248 g/mol. The van der Waals surface area contributed by atoms with E-state index in [4.69, 9.17) is 0 Å². The SMILES string of the molecule is CC(O)CN(C)c1nn2cc(C(C)(C)C)nc2s1. The smallest absolute Gasteiger partial charge is 0.214 e. The van der Waals surface area contributed by atoms with E-state index in [1.165, 1.54) is 11.3 Å². The fraction of sp³-hybridized carbons (Fsp3) is 0.667. The number of aliphatic hydroxyl groups excluding tert-OH is 1. The fourth-order valence-electron chi connectivity index (χ4n) is 1.68. The minimum Gasteiger partial charge on any atom is -0.392 e. The maximum atomic E-state index is 9.37. The summed E-state index contributed by atoms with van der Waals surface area (Å²) in [5, 5.41) is 14.7. The van der Waals surface area contributed by atoms with Gasteiger partial charge in [0.1, 0.15) is 0 Å². The highest BCUT2D eigenvalue weighted by Crippen LogP contribution is 2.26. The van der Waals surface area contributed by atoms with Crippen LogP contribution in [0.1, 0.15) is 33.4 Å². The quantitative estimate of drug-likeness (QED) is 0.924. The van der Waals surface area contributed by atoms with Crippen LogP contribution in [0.15, 0.2) is 6.20 Å². The summed E-state index contributed by atoms with van der Waals surface area (Å²) < 4.78 is 1.82. The zero-order valence-corrected chi connectivity index (χ0v) is 12.3. The molecule has 0 aliphatic rings. The van der Waals surface area contributed by atoms with Crippen LogP contribution in [-0.4, -0.2) is 39.4 Å². The number of rotatable bonds is 3. The molecular formula is C12H20N4OS. The Morgan fingerprint density at radius 3 is 2.67 bits per heavy atom. The molecule has 0 saturated carbocycles. The van der Waals surface area contributed by atoms with E-state index in [2.05, 4.69) is 30.9 Å². The van der Waals surface area contributed by atoms with Gasteiger partial charge in [0, 0.05) is 19.0 Å². The van der Waals surface area contributed by atoms with Gasteiger partial charge in [-0.2, -0.15) is 0 Å². The molecule has 0 saturated heterocycles. The number of anilines is 1. The summed E-state index contributed by atoms with van der Waals surface area (Å²) in [7, 11) is 1.93. The third-order valence-electron chi connectivity index (χ3n) is 2.67. The number of fused-ring (bicyclic) bond motifs is 1. The van der Waals surface area contributed by atoms with E-state index in [-0.39, 0.29) is 11.5 Å². The second-order valence-electron chi connectivity index (χ2n) is 5.72. The molecule has 5 nitrogen and oxygen atoms in total. The van der Waals surface area contributed by atoms with Gasteiger partial charge in [0.15, 0.2) is 0 Å². The summed E-state index contributed by atoms with van der Waals surface area (Å²) >= 11 is 1.54. The zero-order valence-electron chi connectivity index (χ0n) is 11.5. The van der Waals surface area contributed by atoms with Gasteiger partial charge in [-0.25, -0.2) is 9.50 Å². The van der Waals surface area contributed by atoms with Gasteiger partial charge in [0.25, 0.3) is 0 Å². The van der Waals surface area contributed by atoms with E-state index in [0.29, 0.717) is 6.54 Å². The van der Waals surface area contributed by atoms with Crippen LogP contribution in [0.3, 0.4) is 0 Å². The first-order valence-corrected chi connectivity index (χ1v) is 6.85. The highest BCUT2D eigenvalue weighted by atomic mass is 32.1. The Kier molecular flexibility index (Phi) is 3.33. The molecule has 2 aromatic rings. The third kappa shape index (κ3) is 2.64. The molecule has 0 aliphatic carbocycles. The summed E-state index contributed by atoms with van der Waals surface area (Å²) in [5.74, 6) is 0. The Balaban J connectivity index is 2.27. The molecule has 2 aromatic heterocycles. The van der Waals surface area contributed by atoms with Gasteiger partial charge in [0.2, 0.25) is 10.1 Å². The average Bonchev–Trinajstić information content (AvgIpc) is 2.70. The summed E-state index contributed by atoms with van der Waals surface area (Å²) in [4.78, 5) is 7.44. The minimum atomic E-state index is -0.364. The molecule has 0 bridgehead atoms. The van der Waals surface area contributed by atoms with Crippen molar-refractivity contribution in [1.29, 1.82) is 0 Å². The van der Waals surface area contributed by atoms with Crippen molar-refractivity contribution in [2.45, 2.75) is 39.2 Å². The summed E-state index contributed by atoms with van der Waals surface area (Å²) in [6, 6.07) is 0. The van der Waals surface area contributed by atoms with E-state index < -0.39 is 0 Å². The summed E-state index contributed by atoms with van der Waals surface area (Å²) in [6.45, 7) is 8.76. The number of hydrogen-bond acceptors (Lipinski definition) is 5. The normalized spacial score (nSPS) is 14.1. The highest BCUT2D eigenvalue weighted by Gasteiger charge is 2.20. The average molecular weight is 268 g/mol. The lowest BCUT2D eigenvalue weighted by Crippen LogP contribution is -2.26. The summed E-state index contributed by atoms with van der Waals surface area (Å²) in [6.07, 6.45) is 1.61. The number of nitrogens with zero attached hydrogens (tertiary/aromatic N) is 4. The molecule has 0 fully saturated rings. The van der Waals surface area contributed by atoms with Gasteiger partial charge in [-0.05, 0) is 6.92 Å². The van der Waals surface area contributed by atoms with Gasteiger partial charge in [-0.15, -0.1) is 5.10 Å². The Labute approximate surface area is 111 Å². The van der Waals surface area contributed by atoms with Crippen LogP contribution < -0.4 is 4.90 Å². The van der Waals surface area contributed by atoms with Gasteiger partial charge >= 0.3 is 0 Å². The van der Waals surface area contributed by atoms with Crippen molar-refractivity contribution in [2.24, 2.45) is 0 Å². The van der Waals surface area contributed by atoms with Gasteiger partial charge < -0.3 is 10.0 Å². The van der Waals surface area contributed by atoms with Crippen molar-refractivity contribution in [3.8, 4) is 0 Å². The predicted molar refractivity (Wildman–Crippen MR) is 74.5 cm³/mol. The number of hydrogen-bond donors (Lipinski definition) is 1. The Morgan fingerprint density at radius 1 is 1.50 bits per heavy atom. The molecule has 1 unspecified atom stereocenters. The molecule has 2 heterocycles. The number of aliphatic hydroxyl groups is 1. The summed E-state index contributed by atoms with van der Waals surface area (Å²) in [5.41, 5.74) is 1.09. The monoisotopic (exact) mass is 268 g/mol. The van der Waals surface area contributed by atoms with E-state index in [1.54, 1.807) is 6.92 Å². The van der Waals surface area contributed by atoms with Crippen LogP contribution in [0.5, 0.6) is 0 Å². The van der Waals surface area contributed by atoms with Crippen LogP contribution in [0.2, 0.25) is 0 Å². The first-order valence-electron chi connectivity index (χ1n) is 6.03. The molecule has 0 aromatic carbocycles. The maximum Gasteiger partial charge on any atom is 0.214 e. The van der Waals surface area contributed by atoms with Crippen LogP contribution >= 0.6 is 11.3 Å². The van der Waals surface area contributed by atoms with Crippen LogP contribution in [0, 0.1) is 0 Å². The lowest BCUT2D eigenvalue weighted by atomic mass is 9.93. The number of imidazole rings is 1. The highest BCUT2D eigenvalue weighted by molar-refractivity contribution is 7.20. The van der Waals surface area contributed by atoms with Crippen LogP contribution in [0.25, 0.3) is 4.96 Å². The maximum absolute atomic E-state index is 9.37. The first-order chi connectivity index (χ1) is 8.27. The van der Waals surface area contributed by atoms with Crippen molar-refractivity contribution >= 4 is 21.4 Å². The van der Waals surface area contributed by atoms with Crippen molar-refractivity contribution in [3.05, 3.63) is 11.9 Å². The second kappa shape index (κ2) is 4.51. The molecule has 100 valence electrons. The Hall–Kier alpha value is -1.14. The van der Waals surface area contributed by atoms with Gasteiger partial charge in [-0.1, -0.05) is 32.1 Å². The Bertz CT molecular complexity index is 506. The molecule has 0 radical (unpaired) electrons. The standard InChI is InChI=1S/C12H20N4OS/c1-8(17)6-15(5)11-14-16-7-9(12(2,3)4)13-10(16)18-11/h7-8,17H,6H2,1-5H3. The third-order valence-corrected chi connectivity index (χ3v) is 3.70. The topological polar surface area (TPSA) is 53.7 Å². The number of aromatic nitrogens is 3. The fourth-order valence-corrected chi connectivity index (χ4v) is 2.53. The zero-order chi connectivity index (χ0) is 13.5. The van der Waals surface area contributed by atoms with Gasteiger partial charge in [-0.3, -0.25) is 0 Å². The lowest BCUT2D eigenvalue weighted by molar-refractivity contribution is 0.201. The molecule has 1 N–H and O–H groups in total. The van der Waals surface area contributed by atoms with Crippen molar-refractivity contribution < 1.29 is 5.11 Å². The minimum absolute atomic E-state index is 0.0408. The molecule has 0 spiro atoms. The van der Waals surface area contributed by atoms with Gasteiger partial charge in [0.05, 0.1) is 18.0 Å². The first kappa shape index (κ1) is 13.3. The molecule has 1 atom stereocenters. The van der Waals surface area contributed by atoms with E-state index in [9.17, 15) is 5.11 Å². The van der Waals surface area contributed by atoms with Crippen LogP contribution in [-0.2, 0) is 5.41 Å². The molecule has 0 amide bonds. The van der Waals surface area contributed by atoms with Crippen molar-refractivity contribution in [2.75, 3.05) is 18.5 Å². The van der Waals surface area contributed by atoms with E-state index in [0.717, 1.165) is 15.8 Å². The number of likely N-dealkylation sites (N-methyl/N-ethyl adjacent to an activating group) is 1. The van der Waals surface area contributed by atoms with E-state index in [1.807, 2.05) is 22.7 Å².